The Hall–Kier alpha value is -3.25. The smallest absolute Gasteiger partial charge is 0.412 e. The fourth-order valence-corrected chi connectivity index (χ4v) is 3.08. The Kier molecular flexibility index (Phi) is 7.07. The number of nitriles is 1. The first-order chi connectivity index (χ1) is 13.6. The Balaban J connectivity index is 1.98. The summed E-state index contributed by atoms with van der Waals surface area (Å²) in [5.41, 5.74) is 0.538. The van der Waals surface area contributed by atoms with Crippen molar-refractivity contribution in [2.75, 3.05) is 11.9 Å². The Morgan fingerprint density at radius 1 is 1.31 bits per heavy atom. The van der Waals surface area contributed by atoms with E-state index in [1.54, 1.807) is 45.2 Å². The van der Waals surface area contributed by atoms with Crippen LogP contribution >= 0.6 is 11.3 Å². The van der Waals surface area contributed by atoms with Crippen molar-refractivity contribution in [2.45, 2.75) is 39.2 Å². The molecule has 0 aliphatic rings. The highest BCUT2D eigenvalue weighted by Crippen LogP contribution is 2.21. The summed E-state index contributed by atoms with van der Waals surface area (Å²) >= 11 is 1.21. The first-order valence-electron chi connectivity index (χ1n) is 8.70. The van der Waals surface area contributed by atoms with Crippen LogP contribution in [0.25, 0.3) is 0 Å². The molecule has 1 amide bonds. The van der Waals surface area contributed by atoms with E-state index in [9.17, 15) is 19.6 Å². The van der Waals surface area contributed by atoms with Crippen molar-refractivity contribution >= 4 is 34.9 Å². The molecule has 1 atom stereocenters. The summed E-state index contributed by atoms with van der Waals surface area (Å²) in [7, 11) is 0. The van der Waals surface area contributed by atoms with E-state index in [2.05, 4.69) is 10.3 Å². The molecule has 0 spiro atoms. The van der Waals surface area contributed by atoms with Gasteiger partial charge in [-0.25, -0.2) is 14.6 Å². The van der Waals surface area contributed by atoms with Gasteiger partial charge >= 0.3 is 12.1 Å². The second-order valence-corrected chi connectivity index (χ2v) is 8.03. The number of thiazole rings is 1. The van der Waals surface area contributed by atoms with Gasteiger partial charge in [0.15, 0.2) is 18.3 Å². The zero-order valence-corrected chi connectivity index (χ0v) is 17.3. The molecule has 8 nitrogen and oxygen atoms in total. The van der Waals surface area contributed by atoms with Crippen LogP contribution in [0.3, 0.4) is 0 Å². The molecule has 152 valence electrons. The lowest BCUT2D eigenvalue weighted by Crippen LogP contribution is -2.27. The summed E-state index contributed by atoms with van der Waals surface area (Å²) in [6.07, 6.45) is -0.659. The Labute approximate surface area is 172 Å². The van der Waals surface area contributed by atoms with E-state index in [1.165, 1.54) is 23.5 Å². The molecule has 0 radical (unpaired) electrons. The number of amides is 1. The van der Waals surface area contributed by atoms with E-state index in [4.69, 9.17) is 9.47 Å². The predicted molar refractivity (Wildman–Crippen MR) is 107 cm³/mol. The lowest BCUT2D eigenvalue weighted by molar-refractivity contribution is -0.122. The predicted octanol–water partition coefficient (Wildman–Crippen LogP) is 3.83. The number of aromatic nitrogens is 1. The number of nitrogens with zero attached hydrogens (tertiary/aromatic N) is 2. The van der Waals surface area contributed by atoms with Crippen LogP contribution in [-0.2, 0) is 14.3 Å². The molecule has 1 N–H and O–H groups in total. The largest absolute Gasteiger partial charge is 0.454 e. The molecule has 1 aromatic carbocycles. The number of Topliss-reactive ketones (excluding diaryl/α,β-unsaturated/α-hetero) is 1. The SMILES string of the molecule is Cc1csc([C@H](C#N)C(=O)COC(=O)c2cccc(NC(=O)OC(C)(C)C)c2)n1. The molecule has 1 heterocycles. The van der Waals surface area contributed by atoms with E-state index >= 15 is 0 Å². The van der Waals surface area contributed by atoms with E-state index in [0.717, 1.165) is 0 Å². The van der Waals surface area contributed by atoms with Crippen molar-refractivity contribution in [3.8, 4) is 6.07 Å². The fraction of sp³-hybridized carbons (Fsp3) is 0.350. The molecule has 2 aromatic rings. The molecule has 0 bridgehead atoms. The van der Waals surface area contributed by atoms with Crippen molar-refractivity contribution < 1.29 is 23.9 Å². The van der Waals surface area contributed by atoms with Crippen LogP contribution in [-0.4, -0.2) is 35.0 Å². The second kappa shape index (κ2) is 9.30. The molecule has 1 aromatic heterocycles. The number of nitrogens with one attached hydrogen (secondary N) is 1. The summed E-state index contributed by atoms with van der Waals surface area (Å²) in [5, 5.41) is 13.9. The van der Waals surface area contributed by atoms with Crippen molar-refractivity contribution in [2.24, 2.45) is 0 Å². The zero-order valence-electron chi connectivity index (χ0n) is 16.5. The first-order valence-corrected chi connectivity index (χ1v) is 9.58. The molecule has 0 unspecified atom stereocenters. The van der Waals surface area contributed by atoms with Crippen molar-refractivity contribution in [3.63, 3.8) is 0 Å². The van der Waals surface area contributed by atoms with Crippen LogP contribution in [0.2, 0.25) is 0 Å². The van der Waals surface area contributed by atoms with Gasteiger partial charge in [0.2, 0.25) is 0 Å². The van der Waals surface area contributed by atoms with Crippen LogP contribution < -0.4 is 5.32 Å². The number of ketones is 1. The van der Waals surface area contributed by atoms with Crippen molar-refractivity contribution in [1.29, 1.82) is 5.26 Å². The van der Waals surface area contributed by atoms with Gasteiger partial charge in [0.05, 0.1) is 11.6 Å². The number of hydrogen-bond acceptors (Lipinski definition) is 8. The highest BCUT2D eigenvalue weighted by atomic mass is 32.1. The second-order valence-electron chi connectivity index (χ2n) is 7.14. The Bertz CT molecular complexity index is 956. The molecule has 2 rings (SSSR count). The van der Waals surface area contributed by atoms with Gasteiger partial charge in [-0.3, -0.25) is 10.1 Å². The van der Waals surface area contributed by atoms with Crippen LogP contribution in [0.4, 0.5) is 10.5 Å². The topological polar surface area (TPSA) is 118 Å². The molecule has 29 heavy (non-hydrogen) atoms. The Morgan fingerprint density at radius 2 is 2.03 bits per heavy atom. The highest BCUT2D eigenvalue weighted by molar-refractivity contribution is 7.09. The maximum Gasteiger partial charge on any atom is 0.412 e. The molecular formula is C20H21N3O5S. The molecule has 9 heteroatoms. The third-order valence-electron chi connectivity index (χ3n) is 3.42. The maximum absolute atomic E-state index is 12.3. The monoisotopic (exact) mass is 415 g/mol. The minimum absolute atomic E-state index is 0.143. The highest BCUT2D eigenvalue weighted by Gasteiger charge is 2.25. The lowest BCUT2D eigenvalue weighted by atomic mass is 10.1. The van der Waals surface area contributed by atoms with Crippen molar-refractivity contribution in [1.82, 2.24) is 4.98 Å². The molecule has 0 aliphatic carbocycles. The van der Waals surface area contributed by atoms with E-state index in [1.807, 2.05) is 6.07 Å². The third-order valence-corrected chi connectivity index (χ3v) is 4.45. The minimum atomic E-state index is -1.08. The maximum atomic E-state index is 12.3. The quantitative estimate of drug-likeness (QED) is 0.712. The number of ether oxygens (including phenoxy) is 2. The summed E-state index contributed by atoms with van der Waals surface area (Å²) in [6.45, 7) is 6.41. The number of rotatable bonds is 6. The number of hydrogen-bond donors (Lipinski definition) is 1. The van der Waals surface area contributed by atoms with Crippen LogP contribution in [0.5, 0.6) is 0 Å². The van der Waals surface area contributed by atoms with Gasteiger partial charge in [0, 0.05) is 16.8 Å². The average Bonchev–Trinajstić information content (AvgIpc) is 3.04. The molecule has 0 saturated carbocycles. The zero-order chi connectivity index (χ0) is 21.6. The molecule has 0 fully saturated rings. The first kappa shape index (κ1) is 22.0. The summed E-state index contributed by atoms with van der Waals surface area (Å²) in [5.74, 6) is -2.39. The summed E-state index contributed by atoms with van der Waals surface area (Å²) in [4.78, 5) is 40.5. The van der Waals surface area contributed by atoms with Gasteiger partial charge < -0.3 is 9.47 Å². The van der Waals surface area contributed by atoms with Gasteiger partial charge in [-0.1, -0.05) is 6.07 Å². The van der Waals surface area contributed by atoms with E-state index in [-0.39, 0.29) is 5.56 Å². The van der Waals surface area contributed by atoms with Crippen LogP contribution in [0.15, 0.2) is 29.6 Å². The van der Waals surface area contributed by atoms with Crippen LogP contribution in [0.1, 0.15) is 47.7 Å². The normalized spacial score (nSPS) is 11.8. The Morgan fingerprint density at radius 3 is 2.62 bits per heavy atom. The number of anilines is 1. The van der Waals surface area contributed by atoms with Crippen molar-refractivity contribution in [3.05, 3.63) is 45.9 Å². The fourth-order valence-electron chi connectivity index (χ4n) is 2.22. The number of esters is 1. The standard InChI is InChI=1S/C20H21N3O5S/c1-12-11-29-17(22-12)15(9-21)16(24)10-27-18(25)13-6-5-7-14(8-13)23-19(26)28-20(2,3)4/h5-8,11,15H,10H2,1-4H3,(H,23,26)/t15-/m1/s1. The van der Waals surface area contributed by atoms with Crippen LogP contribution in [0, 0.1) is 18.3 Å². The number of carbonyl (C=O) groups excluding carboxylic acids is 3. The van der Waals surface area contributed by atoms with Gasteiger partial charge in [0.1, 0.15) is 10.6 Å². The van der Waals surface area contributed by atoms with E-state index < -0.39 is 36.0 Å². The van der Waals surface area contributed by atoms with Gasteiger partial charge in [-0.2, -0.15) is 5.26 Å². The van der Waals surface area contributed by atoms with Gasteiger partial charge in [-0.15, -0.1) is 11.3 Å². The third kappa shape index (κ3) is 6.69. The molecule has 0 aliphatic heterocycles. The number of aryl methyl sites for hydroxylation is 1. The van der Waals surface area contributed by atoms with Gasteiger partial charge in [0.25, 0.3) is 0 Å². The van der Waals surface area contributed by atoms with Gasteiger partial charge in [-0.05, 0) is 45.9 Å². The van der Waals surface area contributed by atoms with E-state index in [0.29, 0.717) is 16.4 Å². The number of benzene rings is 1. The molecule has 0 saturated heterocycles. The lowest BCUT2D eigenvalue weighted by Gasteiger charge is -2.19. The molecular weight excluding hydrogens is 394 g/mol. The summed E-state index contributed by atoms with van der Waals surface area (Å²) in [6, 6.07) is 7.92. The number of carbonyl (C=O) groups is 3. The minimum Gasteiger partial charge on any atom is -0.454 e. The average molecular weight is 415 g/mol. The summed E-state index contributed by atoms with van der Waals surface area (Å²) < 4.78 is 10.2.